The maximum Gasteiger partial charge on any atom is 0.249 e. The number of hydrazone groups is 1. The van der Waals surface area contributed by atoms with Gasteiger partial charge in [0.1, 0.15) is 12.2 Å². The molecule has 0 atom stereocenters. The van der Waals surface area contributed by atoms with E-state index in [0.717, 1.165) is 15.8 Å². The van der Waals surface area contributed by atoms with Gasteiger partial charge in [-0.15, -0.1) is 0 Å². The molecule has 0 aliphatic heterocycles. The van der Waals surface area contributed by atoms with Crippen LogP contribution in [-0.4, -0.2) is 24.6 Å². The molecule has 9 heteroatoms. The molecule has 0 saturated heterocycles. The van der Waals surface area contributed by atoms with Crippen molar-refractivity contribution in [2.24, 2.45) is 5.10 Å². The molecule has 0 aromatic heterocycles. The minimum atomic E-state index is -0.563. The Labute approximate surface area is 175 Å². The molecular formula is C18H16BrCl2N3O3. The van der Waals surface area contributed by atoms with Gasteiger partial charge in [0.25, 0.3) is 0 Å². The van der Waals surface area contributed by atoms with E-state index in [9.17, 15) is 9.59 Å². The van der Waals surface area contributed by atoms with Crippen LogP contribution in [0.4, 0.5) is 5.69 Å². The first-order valence-corrected chi connectivity index (χ1v) is 9.43. The summed E-state index contributed by atoms with van der Waals surface area (Å²) in [5.41, 5.74) is 3.39. The minimum absolute atomic E-state index is 0.215. The summed E-state index contributed by atoms with van der Waals surface area (Å²) in [6.07, 6.45) is 1.05. The normalized spacial score (nSPS) is 10.7. The smallest absolute Gasteiger partial charge is 0.249 e. The molecule has 2 amide bonds. The maximum atomic E-state index is 11.9. The van der Waals surface area contributed by atoms with Crippen LogP contribution in [0.1, 0.15) is 18.9 Å². The van der Waals surface area contributed by atoms with Gasteiger partial charge in [-0.1, -0.05) is 29.3 Å². The van der Waals surface area contributed by atoms with E-state index in [4.69, 9.17) is 27.9 Å². The number of carbonyl (C=O) groups excluding carboxylic acids is 2. The van der Waals surface area contributed by atoms with Crippen molar-refractivity contribution in [1.29, 1.82) is 0 Å². The number of nitrogens with one attached hydrogen (secondary N) is 2. The van der Waals surface area contributed by atoms with E-state index in [1.807, 2.05) is 6.92 Å². The number of rotatable bonds is 7. The zero-order valence-corrected chi connectivity index (χ0v) is 17.4. The fraction of sp³-hybridized carbons (Fsp3) is 0.167. The van der Waals surface area contributed by atoms with Gasteiger partial charge < -0.3 is 10.1 Å². The molecule has 0 aliphatic rings. The Kier molecular flexibility index (Phi) is 8.09. The van der Waals surface area contributed by atoms with Crippen molar-refractivity contribution in [2.45, 2.75) is 13.3 Å². The summed E-state index contributed by atoms with van der Waals surface area (Å²) >= 11 is 15.3. The van der Waals surface area contributed by atoms with Crippen LogP contribution in [0.2, 0.25) is 10.0 Å². The standard InChI is InChI=1S/C18H16BrCl2N3O3/c1-2-27-15-7-6-11(8-12(15)19)10-22-24-17(26)9-16(25)23-14-5-3-4-13(20)18(14)21/h3-8,10H,2,9H2,1H3,(H,23,25)(H,24,26). The first kappa shape index (κ1) is 21.2. The molecule has 0 bridgehead atoms. The molecule has 0 heterocycles. The Balaban J connectivity index is 1.86. The Morgan fingerprint density at radius 2 is 2.00 bits per heavy atom. The van der Waals surface area contributed by atoms with Gasteiger partial charge in [0.05, 0.1) is 33.0 Å². The molecule has 0 fully saturated rings. The largest absolute Gasteiger partial charge is 0.493 e. The summed E-state index contributed by atoms with van der Waals surface area (Å²) in [7, 11) is 0. The van der Waals surface area contributed by atoms with E-state index >= 15 is 0 Å². The third-order valence-electron chi connectivity index (χ3n) is 3.21. The van der Waals surface area contributed by atoms with Crippen molar-refractivity contribution in [3.05, 3.63) is 56.5 Å². The summed E-state index contributed by atoms with van der Waals surface area (Å²) in [4.78, 5) is 23.7. The summed E-state index contributed by atoms with van der Waals surface area (Å²) in [6, 6.07) is 10.2. The van der Waals surface area contributed by atoms with Crippen LogP contribution in [0.25, 0.3) is 0 Å². The SMILES string of the molecule is CCOc1ccc(C=NNC(=O)CC(=O)Nc2cccc(Cl)c2Cl)cc1Br. The van der Waals surface area contributed by atoms with E-state index in [1.54, 1.807) is 36.4 Å². The van der Waals surface area contributed by atoms with E-state index < -0.39 is 18.2 Å². The number of ether oxygens (including phenoxy) is 1. The molecule has 0 radical (unpaired) electrons. The van der Waals surface area contributed by atoms with Crippen molar-refractivity contribution in [2.75, 3.05) is 11.9 Å². The van der Waals surface area contributed by atoms with Gasteiger partial charge in [0.2, 0.25) is 11.8 Å². The van der Waals surface area contributed by atoms with E-state index in [-0.39, 0.29) is 5.02 Å². The summed E-state index contributed by atoms with van der Waals surface area (Å²) in [5, 5.41) is 6.89. The average molecular weight is 473 g/mol. The van der Waals surface area contributed by atoms with Gasteiger partial charge in [-0.2, -0.15) is 5.10 Å². The Bertz CT molecular complexity index is 875. The van der Waals surface area contributed by atoms with Gasteiger partial charge in [0.15, 0.2) is 0 Å². The Hall–Kier alpha value is -2.09. The first-order chi connectivity index (χ1) is 12.9. The van der Waals surface area contributed by atoms with Gasteiger partial charge in [-0.3, -0.25) is 9.59 Å². The number of hydrogen-bond acceptors (Lipinski definition) is 4. The first-order valence-electron chi connectivity index (χ1n) is 7.88. The Morgan fingerprint density at radius 1 is 1.22 bits per heavy atom. The lowest BCUT2D eigenvalue weighted by Gasteiger charge is -2.07. The Morgan fingerprint density at radius 3 is 2.70 bits per heavy atom. The predicted octanol–water partition coefficient (Wildman–Crippen LogP) is 4.63. The van der Waals surface area contributed by atoms with Crippen LogP contribution in [0.5, 0.6) is 5.75 Å². The molecule has 2 N–H and O–H groups in total. The highest BCUT2D eigenvalue weighted by Crippen LogP contribution is 2.29. The van der Waals surface area contributed by atoms with Crippen LogP contribution in [-0.2, 0) is 9.59 Å². The highest BCUT2D eigenvalue weighted by molar-refractivity contribution is 9.10. The zero-order valence-electron chi connectivity index (χ0n) is 14.3. The number of nitrogens with zero attached hydrogens (tertiary/aromatic N) is 1. The molecule has 6 nitrogen and oxygen atoms in total. The van der Waals surface area contributed by atoms with Crippen LogP contribution >= 0.6 is 39.1 Å². The lowest BCUT2D eigenvalue weighted by atomic mass is 10.2. The quantitative estimate of drug-likeness (QED) is 0.350. The van der Waals surface area contributed by atoms with Gasteiger partial charge >= 0.3 is 0 Å². The average Bonchev–Trinajstić information content (AvgIpc) is 2.61. The van der Waals surface area contributed by atoms with E-state index in [1.165, 1.54) is 6.21 Å². The molecule has 2 aromatic rings. The lowest BCUT2D eigenvalue weighted by Crippen LogP contribution is -2.24. The van der Waals surface area contributed by atoms with Crippen LogP contribution in [0.3, 0.4) is 0 Å². The van der Waals surface area contributed by atoms with Crippen molar-refractivity contribution in [3.63, 3.8) is 0 Å². The molecule has 0 unspecified atom stereocenters. The van der Waals surface area contributed by atoms with E-state index in [0.29, 0.717) is 17.3 Å². The number of halogens is 3. The predicted molar refractivity (Wildman–Crippen MR) is 111 cm³/mol. The van der Waals surface area contributed by atoms with Gasteiger partial charge in [-0.05, 0) is 58.7 Å². The highest BCUT2D eigenvalue weighted by atomic mass is 79.9. The molecule has 2 aromatic carbocycles. The molecular weight excluding hydrogens is 457 g/mol. The van der Waals surface area contributed by atoms with E-state index in [2.05, 4.69) is 31.8 Å². The molecule has 0 aliphatic carbocycles. The second-order valence-electron chi connectivity index (χ2n) is 5.24. The van der Waals surface area contributed by atoms with Gasteiger partial charge in [-0.25, -0.2) is 5.43 Å². The third kappa shape index (κ3) is 6.53. The van der Waals surface area contributed by atoms with Crippen molar-refractivity contribution in [3.8, 4) is 5.75 Å². The van der Waals surface area contributed by atoms with Crippen LogP contribution < -0.4 is 15.5 Å². The molecule has 27 heavy (non-hydrogen) atoms. The van der Waals surface area contributed by atoms with Crippen LogP contribution in [0.15, 0.2) is 46.0 Å². The number of amides is 2. The third-order valence-corrected chi connectivity index (χ3v) is 4.64. The second kappa shape index (κ2) is 10.3. The fourth-order valence-corrected chi connectivity index (χ4v) is 2.89. The van der Waals surface area contributed by atoms with Crippen molar-refractivity contribution >= 4 is 62.8 Å². The number of anilines is 1. The maximum absolute atomic E-state index is 11.9. The highest BCUT2D eigenvalue weighted by Gasteiger charge is 2.12. The monoisotopic (exact) mass is 471 g/mol. The molecule has 142 valence electrons. The molecule has 0 spiro atoms. The number of hydrogen-bond donors (Lipinski definition) is 2. The van der Waals surface area contributed by atoms with Crippen molar-refractivity contribution in [1.82, 2.24) is 5.43 Å². The summed E-state index contributed by atoms with van der Waals surface area (Å²) < 4.78 is 6.19. The fourth-order valence-electron chi connectivity index (χ4n) is 2.03. The topological polar surface area (TPSA) is 79.8 Å². The molecule has 0 saturated carbocycles. The zero-order chi connectivity index (χ0) is 19.8. The van der Waals surface area contributed by atoms with Crippen molar-refractivity contribution < 1.29 is 14.3 Å². The number of benzene rings is 2. The minimum Gasteiger partial charge on any atom is -0.493 e. The summed E-state index contributed by atoms with van der Waals surface area (Å²) in [6.45, 7) is 2.46. The second-order valence-corrected chi connectivity index (χ2v) is 6.88. The summed E-state index contributed by atoms with van der Waals surface area (Å²) in [5.74, 6) is -0.377. The van der Waals surface area contributed by atoms with Gasteiger partial charge in [0, 0.05) is 0 Å². The number of carbonyl (C=O) groups is 2. The lowest BCUT2D eigenvalue weighted by molar-refractivity contribution is -0.126. The molecule has 2 rings (SSSR count). The van der Waals surface area contributed by atoms with Crippen LogP contribution in [0, 0.1) is 0 Å².